The molecule has 0 saturated carbocycles. The molecule has 3 nitrogen and oxygen atoms in total. The summed E-state index contributed by atoms with van der Waals surface area (Å²) in [5, 5.41) is 1.39. The molecule has 0 radical (unpaired) electrons. The molecule has 1 saturated heterocycles. The fourth-order valence-corrected chi connectivity index (χ4v) is 4.37. The molecule has 0 N–H and O–H groups in total. The van der Waals surface area contributed by atoms with Crippen LogP contribution in [0.5, 0.6) is 0 Å². The quantitative estimate of drug-likeness (QED) is 0.827. The molecule has 3 rings (SSSR count). The molecule has 1 aliphatic heterocycles. The lowest BCUT2D eigenvalue weighted by molar-refractivity contribution is -0.117. The molecule has 1 aromatic carbocycles. The van der Waals surface area contributed by atoms with Gasteiger partial charge in [-0.15, -0.1) is 23.1 Å². The normalized spacial score (nSPS) is 22.6. The molecular formula is C14H13ClN2OS2. The minimum atomic E-state index is -0.0557. The van der Waals surface area contributed by atoms with Gasteiger partial charge in [-0.25, -0.2) is 4.98 Å². The average molecular weight is 325 g/mol. The van der Waals surface area contributed by atoms with E-state index in [1.54, 1.807) is 34.2 Å². The second-order valence-electron chi connectivity index (χ2n) is 4.64. The molecule has 0 bridgehead atoms. The molecule has 1 aliphatic rings. The van der Waals surface area contributed by atoms with Gasteiger partial charge in [-0.05, 0) is 31.5 Å². The van der Waals surface area contributed by atoms with Crippen molar-refractivity contribution in [3.8, 4) is 0 Å². The summed E-state index contributed by atoms with van der Waals surface area (Å²) in [6.07, 6.45) is 1.81. The number of thioether (sulfide) groups is 1. The van der Waals surface area contributed by atoms with E-state index in [0.717, 1.165) is 15.6 Å². The maximum atomic E-state index is 12.4. The third-order valence-electron chi connectivity index (χ3n) is 3.12. The molecule has 6 heteroatoms. The SMILES string of the molecule is Cc1cnc(N2C(=O)[C@H](C)S[C@@H]2c2ccc(Cl)cc2)s1. The van der Waals surface area contributed by atoms with Gasteiger partial charge in [0.2, 0.25) is 5.91 Å². The standard InChI is InChI=1S/C14H13ClN2OS2/c1-8-7-16-14(19-8)17-12(18)9(2)20-13(17)10-3-5-11(15)6-4-10/h3-7,9,13H,1-2H3/t9-,13+/m0/s1. The highest BCUT2D eigenvalue weighted by Gasteiger charge is 2.40. The van der Waals surface area contributed by atoms with Crippen LogP contribution < -0.4 is 4.90 Å². The Morgan fingerprint density at radius 3 is 2.60 bits per heavy atom. The number of anilines is 1. The Hall–Kier alpha value is -1.04. The van der Waals surface area contributed by atoms with Gasteiger partial charge in [0, 0.05) is 16.1 Å². The first-order chi connectivity index (χ1) is 9.56. The molecule has 0 aliphatic carbocycles. The largest absolute Gasteiger partial charge is 0.273 e. The van der Waals surface area contributed by atoms with Crippen LogP contribution in [-0.4, -0.2) is 16.1 Å². The van der Waals surface area contributed by atoms with Gasteiger partial charge in [0.05, 0.1) is 5.25 Å². The van der Waals surface area contributed by atoms with Crippen LogP contribution in [0.2, 0.25) is 5.02 Å². The van der Waals surface area contributed by atoms with Crippen LogP contribution in [-0.2, 0) is 4.79 Å². The number of hydrogen-bond acceptors (Lipinski definition) is 4. The fraction of sp³-hybridized carbons (Fsp3) is 0.286. The zero-order valence-corrected chi connectivity index (χ0v) is 13.4. The predicted octanol–water partition coefficient (Wildman–Crippen LogP) is 4.27. The van der Waals surface area contributed by atoms with Crippen LogP contribution >= 0.6 is 34.7 Å². The van der Waals surface area contributed by atoms with E-state index >= 15 is 0 Å². The number of thiazole rings is 1. The number of halogens is 1. The van der Waals surface area contributed by atoms with Crippen molar-refractivity contribution in [3.63, 3.8) is 0 Å². The summed E-state index contributed by atoms with van der Waals surface area (Å²) in [7, 11) is 0. The fourth-order valence-electron chi connectivity index (χ4n) is 2.13. The molecule has 1 aromatic heterocycles. The maximum absolute atomic E-state index is 12.4. The number of carbonyl (C=O) groups excluding carboxylic acids is 1. The Kier molecular flexibility index (Phi) is 3.75. The van der Waals surface area contributed by atoms with Gasteiger partial charge in [0.25, 0.3) is 0 Å². The molecular weight excluding hydrogens is 312 g/mol. The van der Waals surface area contributed by atoms with Crippen molar-refractivity contribution < 1.29 is 4.79 Å². The molecule has 2 aromatic rings. The molecule has 2 atom stereocenters. The lowest BCUT2D eigenvalue weighted by Gasteiger charge is -2.21. The summed E-state index contributed by atoms with van der Waals surface area (Å²) < 4.78 is 0. The topological polar surface area (TPSA) is 33.2 Å². The summed E-state index contributed by atoms with van der Waals surface area (Å²) in [4.78, 5) is 19.7. The van der Waals surface area contributed by atoms with E-state index in [-0.39, 0.29) is 16.5 Å². The van der Waals surface area contributed by atoms with Crippen LogP contribution in [0.25, 0.3) is 0 Å². The number of aromatic nitrogens is 1. The van der Waals surface area contributed by atoms with Crippen molar-refractivity contribution >= 4 is 45.7 Å². The molecule has 2 heterocycles. The molecule has 20 heavy (non-hydrogen) atoms. The van der Waals surface area contributed by atoms with Gasteiger partial charge in [-0.3, -0.25) is 9.69 Å². The van der Waals surface area contributed by atoms with Crippen molar-refractivity contribution in [2.45, 2.75) is 24.5 Å². The third kappa shape index (κ3) is 2.45. The number of carbonyl (C=O) groups is 1. The third-order valence-corrected chi connectivity index (χ3v) is 5.64. The first-order valence-corrected chi connectivity index (χ1v) is 8.36. The van der Waals surface area contributed by atoms with E-state index < -0.39 is 0 Å². The number of amides is 1. The second-order valence-corrected chi connectivity index (χ2v) is 7.72. The molecule has 1 fully saturated rings. The van der Waals surface area contributed by atoms with E-state index in [2.05, 4.69) is 4.98 Å². The highest BCUT2D eigenvalue weighted by molar-refractivity contribution is 8.01. The highest BCUT2D eigenvalue weighted by atomic mass is 35.5. The smallest absolute Gasteiger partial charge is 0.242 e. The van der Waals surface area contributed by atoms with E-state index in [1.807, 2.05) is 38.1 Å². The Labute approximate surface area is 131 Å². The van der Waals surface area contributed by atoms with Gasteiger partial charge in [0.15, 0.2) is 5.13 Å². The lowest BCUT2D eigenvalue weighted by Crippen LogP contribution is -2.29. The number of aryl methyl sites for hydroxylation is 1. The van der Waals surface area contributed by atoms with Gasteiger partial charge in [0.1, 0.15) is 5.37 Å². The highest BCUT2D eigenvalue weighted by Crippen LogP contribution is 2.46. The molecule has 104 valence electrons. The van der Waals surface area contributed by atoms with Crippen LogP contribution in [0.15, 0.2) is 30.5 Å². The summed E-state index contributed by atoms with van der Waals surface area (Å²) in [6.45, 7) is 3.94. The first-order valence-electron chi connectivity index (χ1n) is 6.22. The monoisotopic (exact) mass is 324 g/mol. The molecule has 0 unspecified atom stereocenters. The summed E-state index contributed by atoms with van der Waals surface area (Å²) in [5.41, 5.74) is 1.07. The van der Waals surface area contributed by atoms with Gasteiger partial charge in [-0.1, -0.05) is 23.7 Å². The second kappa shape index (κ2) is 5.39. The lowest BCUT2D eigenvalue weighted by atomic mass is 10.2. The molecule has 0 spiro atoms. The van der Waals surface area contributed by atoms with E-state index in [1.165, 1.54) is 0 Å². The Balaban J connectivity index is 2.00. The zero-order valence-electron chi connectivity index (χ0n) is 11.0. The van der Waals surface area contributed by atoms with Crippen molar-refractivity contribution in [1.29, 1.82) is 0 Å². The van der Waals surface area contributed by atoms with E-state index in [4.69, 9.17) is 11.6 Å². The maximum Gasteiger partial charge on any atom is 0.242 e. The van der Waals surface area contributed by atoms with Crippen LogP contribution in [0.4, 0.5) is 5.13 Å². The predicted molar refractivity (Wildman–Crippen MR) is 85.6 cm³/mol. The summed E-state index contributed by atoms with van der Waals surface area (Å²) in [5.74, 6) is 0.115. The number of hydrogen-bond donors (Lipinski definition) is 0. The van der Waals surface area contributed by atoms with Gasteiger partial charge >= 0.3 is 0 Å². The summed E-state index contributed by atoms with van der Waals surface area (Å²) in [6, 6.07) is 7.66. The van der Waals surface area contributed by atoms with Crippen molar-refractivity contribution in [1.82, 2.24) is 4.98 Å². The van der Waals surface area contributed by atoms with Crippen molar-refractivity contribution in [2.24, 2.45) is 0 Å². The Morgan fingerprint density at radius 2 is 2.00 bits per heavy atom. The minimum Gasteiger partial charge on any atom is -0.273 e. The van der Waals surface area contributed by atoms with Gasteiger partial charge in [-0.2, -0.15) is 0 Å². The van der Waals surface area contributed by atoms with Crippen molar-refractivity contribution in [3.05, 3.63) is 45.9 Å². The number of benzene rings is 1. The Morgan fingerprint density at radius 1 is 1.30 bits per heavy atom. The van der Waals surface area contributed by atoms with Gasteiger partial charge < -0.3 is 0 Å². The first kappa shape index (κ1) is 13.9. The van der Waals surface area contributed by atoms with Crippen molar-refractivity contribution in [2.75, 3.05) is 4.90 Å². The number of rotatable bonds is 2. The summed E-state index contributed by atoms with van der Waals surface area (Å²) >= 11 is 9.13. The Bertz CT molecular complexity index is 641. The van der Waals surface area contributed by atoms with E-state index in [0.29, 0.717) is 5.02 Å². The number of nitrogens with zero attached hydrogens (tertiary/aromatic N) is 2. The zero-order chi connectivity index (χ0) is 14.3. The van der Waals surface area contributed by atoms with Crippen LogP contribution in [0.1, 0.15) is 22.7 Å². The minimum absolute atomic E-state index is 0.0275. The van der Waals surface area contributed by atoms with E-state index in [9.17, 15) is 4.79 Å². The van der Waals surface area contributed by atoms with Crippen LogP contribution in [0.3, 0.4) is 0 Å². The average Bonchev–Trinajstić information content (AvgIpc) is 2.96. The molecule has 1 amide bonds. The van der Waals surface area contributed by atoms with Crippen LogP contribution in [0, 0.1) is 6.92 Å².